The molecule has 98 valence electrons. The molecule has 0 saturated heterocycles. The fraction of sp³-hybridized carbons (Fsp3) is 0.385. The third-order valence-electron chi connectivity index (χ3n) is 2.40. The zero-order chi connectivity index (χ0) is 13.5. The molecule has 0 saturated carbocycles. The molecule has 0 bridgehead atoms. The van der Waals surface area contributed by atoms with Crippen molar-refractivity contribution >= 4 is 12.3 Å². The van der Waals surface area contributed by atoms with Crippen LogP contribution in [0.3, 0.4) is 0 Å². The van der Waals surface area contributed by atoms with Gasteiger partial charge in [-0.25, -0.2) is 4.79 Å². The van der Waals surface area contributed by atoms with Crippen molar-refractivity contribution in [1.82, 2.24) is 0 Å². The lowest BCUT2D eigenvalue weighted by Gasteiger charge is -2.11. The molecule has 1 unspecified atom stereocenters. The third kappa shape index (κ3) is 3.85. The Bertz CT molecular complexity index is 427. The number of carboxylic acids is 1. The van der Waals surface area contributed by atoms with Crippen LogP contribution in [0.25, 0.3) is 0 Å². The highest BCUT2D eigenvalue weighted by Crippen LogP contribution is 2.23. The SMILES string of the molecule is CCOc1cc(CCC=O)cc(C(O)C(=O)O)c1. The van der Waals surface area contributed by atoms with Crippen molar-refractivity contribution in [2.75, 3.05) is 6.61 Å². The summed E-state index contributed by atoms with van der Waals surface area (Å²) in [6.45, 7) is 2.26. The van der Waals surface area contributed by atoms with E-state index in [1.165, 1.54) is 6.07 Å². The van der Waals surface area contributed by atoms with Crippen LogP contribution in [-0.2, 0) is 16.0 Å². The van der Waals surface area contributed by atoms with Crippen LogP contribution in [-0.4, -0.2) is 29.1 Å². The quantitative estimate of drug-likeness (QED) is 0.715. The number of ether oxygens (including phenoxy) is 1. The molecule has 5 heteroatoms. The normalized spacial score (nSPS) is 11.9. The summed E-state index contributed by atoms with van der Waals surface area (Å²) in [7, 11) is 0. The minimum atomic E-state index is -1.58. The molecule has 0 aliphatic carbocycles. The molecule has 0 aliphatic rings. The first-order valence-corrected chi connectivity index (χ1v) is 5.69. The summed E-state index contributed by atoms with van der Waals surface area (Å²) in [6.07, 6.45) is 0.0446. The smallest absolute Gasteiger partial charge is 0.337 e. The summed E-state index contributed by atoms with van der Waals surface area (Å²) < 4.78 is 5.30. The Hall–Kier alpha value is -1.88. The summed E-state index contributed by atoms with van der Waals surface area (Å²) in [4.78, 5) is 21.1. The van der Waals surface area contributed by atoms with Gasteiger partial charge in [0.25, 0.3) is 0 Å². The number of aryl methyl sites for hydroxylation is 1. The van der Waals surface area contributed by atoms with Gasteiger partial charge in [-0.1, -0.05) is 6.07 Å². The summed E-state index contributed by atoms with van der Waals surface area (Å²) in [5.74, 6) is -0.818. The van der Waals surface area contributed by atoms with E-state index in [9.17, 15) is 14.7 Å². The van der Waals surface area contributed by atoms with Gasteiger partial charge in [-0.05, 0) is 36.6 Å². The van der Waals surface area contributed by atoms with E-state index in [2.05, 4.69) is 0 Å². The molecule has 0 amide bonds. The lowest BCUT2D eigenvalue weighted by Crippen LogP contribution is -2.11. The van der Waals surface area contributed by atoms with E-state index in [0.29, 0.717) is 25.2 Å². The third-order valence-corrected chi connectivity index (χ3v) is 2.40. The molecule has 0 radical (unpaired) electrons. The molecule has 1 aromatic carbocycles. The maximum Gasteiger partial charge on any atom is 0.337 e. The van der Waals surface area contributed by atoms with Crippen LogP contribution < -0.4 is 4.74 Å². The van der Waals surface area contributed by atoms with Crippen LogP contribution >= 0.6 is 0 Å². The predicted octanol–water partition coefficient (Wildman–Crippen LogP) is 1.33. The molecule has 2 N–H and O–H groups in total. The highest BCUT2D eigenvalue weighted by molar-refractivity contribution is 5.74. The van der Waals surface area contributed by atoms with Gasteiger partial charge in [0.2, 0.25) is 0 Å². The Morgan fingerprint density at radius 2 is 2.17 bits per heavy atom. The van der Waals surface area contributed by atoms with E-state index in [1.54, 1.807) is 12.1 Å². The van der Waals surface area contributed by atoms with Crippen molar-refractivity contribution in [2.45, 2.75) is 25.9 Å². The minimum absolute atomic E-state index is 0.259. The van der Waals surface area contributed by atoms with Crippen molar-refractivity contribution in [2.24, 2.45) is 0 Å². The van der Waals surface area contributed by atoms with Crippen molar-refractivity contribution in [3.8, 4) is 5.75 Å². The number of aldehydes is 1. The maximum atomic E-state index is 10.7. The second-order valence-electron chi connectivity index (χ2n) is 3.79. The van der Waals surface area contributed by atoms with Crippen molar-refractivity contribution in [1.29, 1.82) is 0 Å². The topological polar surface area (TPSA) is 83.8 Å². The first kappa shape index (κ1) is 14.2. The second kappa shape index (κ2) is 6.76. The summed E-state index contributed by atoms with van der Waals surface area (Å²) in [5, 5.41) is 18.3. The van der Waals surface area contributed by atoms with Gasteiger partial charge < -0.3 is 19.7 Å². The van der Waals surface area contributed by atoms with E-state index in [1.807, 2.05) is 6.92 Å². The molecule has 0 aromatic heterocycles. The number of aliphatic hydroxyl groups excluding tert-OH is 1. The van der Waals surface area contributed by atoms with Gasteiger partial charge in [-0.3, -0.25) is 0 Å². The van der Waals surface area contributed by atoms with Crippen LogP contribution in [0.4, 0.5) is 0 Å². The number of hydrogen-bond acceptors (Lipinski definition) is 4. The highest BCUT2D eigenvalue weighted by Gasteiger charge is 2.17. The molecule has 1 aromatic rings. The standard InChI is InChI=1S/C13H16O5/c1-2-18-11-7-9(4-3-5-14)6-10(8-11)12(15)13(16)17/h5-8,12,15H,2-4H2,1H3,(H,16,17). The Kier molecular flexibility index (Phi) is 5.32. The summed E-state index contributed by atoms with van der Waals surface area (Å²) in [5.41, 5.74) is 1.03. The zero-order valence-electron chi connectivity index (χ0n) is 10.1. The predicted molar refractivity (Wildman–Crippen MR) is 64.6 cm³/mol. The Labute approximate surface area is 105 Å². The van der Waals surface area contributed by atoms with E-state index in [4.69, 9.17) is 9.84 Å². The van der Waals surface area contributed by atoms with Crippen LogP contribution in [0.2, 0.25) is 0 Å². The van der Waals surface area contributed by atoms with Crippen molar-refractivity contribution < 1.29 is 24.5 Å². The van der Waals surface area contributed by atoms with Gasteiger partial charge in [-0.2, -0.15) is 0 Å². The molecule has 1 rings (SSSR count). The first-order chi connectivity index (χ1) is 8.58. The summed E-state index contributed by atoms with van der Waals surface area (Å²) in [6, 6.07) is 4.81. The molecule has 0 fully saturated rings. The second-order valence-corrected chi connectivity index (χ2v) is 3.79. The Morgan fingerprint density at radius 1 is 1.44 bits per heavy atom. The number of hydrogen-bond donors (Lipinski definition) is 2. The number of rotatable bonds is 7. The first-order valence-electron chi connectivity index (χ1n) is 5.69. The van der Waals surface area contributed by atoms with E-state index < -0.39 is 12.1 Å². The average Bonchev–Trinajstić information content (AvgIpc) is 2.35. The summed E-state index contributed by atoms with van der Waals surface area (Å²) >= 11 is 0. The fourth-order valence-electron chi connectivity index (χ4n) is 1.61. The maximum absolute atomic E-state index is 10.7. The number of aliphatic carboxylic acids is 1. The van der Waals surface area contributed by atoms with Gasteiger partial charge in [0.05, 0.1) is 6.61 Å². The molecule has 1 atom stereocenters. The Morgan fingerprint density at radius 3 is 2.72 bits per heavy atom. The van der Waals surface area contributed by atoms with Gasteiger partial charge in [-0.15, -0.1) is 0 Å². The molecular formula is C13H16O5. The fourth-order valence-corrected chi connectivity index (χ4v) is 1.61. The van der Waals surface area contributed by atoms with Gasteiger partial charge >= 0.3 is 5.97 Å². The lowest BCUT2D eigenvalue weighted by atomic mass is 10.0. The molecule has 0 heterocycles. The lowest BCUT2D eigenvalue weighted by molar-refractivity contribution is -0.146. The van der Waals surface area contributed by atoms with Gasteiger partial charge in [0.1, 0.15) is 12.0 Å². The molecule has 5 nitrogen and oxygen atoms in total. The van der Waals surface area contributed by atoms with Gasteiger partial charge in [0.15, 0.2) is 6.10 Å². The molecule has 18 heavy (non-hydrogen) atoms. The van der Waals surface area contributed by atoms with Crippen molar-refractivity contribution in [3.63, 3.8) is 0 Å². The average molecular weight is 252 g/mol. The van der Waals surface area contributed by atoms with E-state index in [-0.39, 0.29) is 5.56 Å². The zero-order valence-corrected chi connectivity index (χ0v) is 10.1. The molecular weight excluding hydrogens is 236 g/mol. The minimum Gasteiger partial charge on any atom is -0.494 e. The monoisotopic (exact) mass is 252 g/mol. The van der Waals surface area contributed by atoms with Crippen LogP contribution in [0.5, 0.6) is 5.75 Å². The van der Waals surface area contributed by atoms with Crippen LogP contribution in [0.1, 0.15) is 30.6 Å². The number of carbonyl (C=O) groups is 2. The van der Waals surface area contributed by atoms with Crippen molar-refractivity contribution in [3.05, 3.63) is 29.3 Å². The largest absolute Gasteiger partial charge is 0.494 e. The van der Waals surface area contributed by atoms with E-state index in [0.717, 1.165) is 11.8 Å². The number of carboxylic acid groups (broad SMARTS) is 1. The molecule has 0 spiro atoms. The molecule has 0 aliphatic heterocycles. The highest BCUT2D eigenvalue weighted by atomic mass is 16.5. The van der Waals surface area contributed by atoms with Crippen LogP contribution in [0.15, 0.2) is 18.2 Å². The van der Waals surface area contributed by atoms with Crippen LogP contribution in [0, 0.1) is 0 Å². The number of carbonyl (C=O) groups excluding carboxylic acids is 1. The van der Waals surface area contributed by atoms with E-state index >= 15 is 0 Å². The number of aliphatic hydroxyl groups is 1. The Balaban J connectivity index is 3.04. The number of benzene rings is 1. The van der Waals surface area contributed by atoms with Gasteiger partial charge in [0, 0.05) is 6.42 Å².